The number of hydrogen-bond donors (Lipinski definition) is 2. The average Bonchev–Trinajstić information content (AvgIpc) is 2.44. The highest BCUT2D eigenvalue weighted by molar-refractivity contribution is 5.60. The Morgan fingerprint density at radius 3 is 2.89 bits per heavy atom. The van der Waals surface area contributed by atoms with E-state index in [4.69, 9.17) is 5.73 Å². The maximum Gasteiger partial charge on any atom is 0.138 e. The molecule has 0 spiro atoms. The molecule has 19 heavy (non-hydrogen) atoms. The summed E-state index contributed by atoms with van der Waals surface area (Å²) in [7, 11) is 1.95. The fraction of sp³-hybridized carbons (Fsp3) is 0.308. The van der Waals surface area contributed by atoms with Gasteiger partial charge in [0.2, 0.25) is 0 Å². The summed E-state index contributed by atoms with van der Waals surface area (Å²) >= 11 is 0. The lowest BCUT2D eigenvalue weighted by Gasteiger charge is -2.19. The van der Waals surface area contributed by atoms with Crippen LogP contribution in [0.2, 0.25) is 0 Å². The third-order valence-electron chi connectivity index (χ3n) is 2.65. The van der Waals surface area contributed by atoms with E-state index in [0.29, 0.717) is 18.9 Å². The second kappa shape index (κ2) is 6.10. The molecule has 2 aromatic heterocycles. The summed E-state index contributed by atoms with van der Waals surface area (Å²) in [6.07, 6.45) is 3.54. The lowest BCUT2D eigenvalue weighted by atomic mass is 10.3. The van der Waals surface area contributed by atoms with Crippen molar-refractivity contribution in [2.75, 3.05) is 30.4 Å². The van der Waals surface area contributed by atoms with Crippen LogP contribution in [-0.2, 0) is 0 Å². The molecule has 0 saturated carbocycles. The molecular weight excluding hydrogens is 240 g/mol. The quantitative estimate of drug-likeness (QED) is 0.842. The molecule has 0 amide bonds. The summed E-state index contributed by atoms with van der Waals surface area (Å²) in [5.74, 6) is 2.32. The van der Waals surface area contributed by atoms with Crippen LogP contribution in [0.3, 0.4) is 0 Å². The van der Waals surface area contributed by atoms with Gasteiger partial charge in [-0.05, 0) is 19.1 Å². The van der Waals surface area contributed by atoms with Gasteiger partial charge in [-0.3, -0.25) is 4.98 Å². The summed E-state index contributed by atoms with van der Waals surface area (Å²) in [6.45, 7) is 3.12. The summed E-state index contributed by atoms with van der Waals surface area (Å²) in [6, 6.07) is 5.78. The van der Waals surface area contributed by atoms with Gasteiger partial charge in [0.15, 0.2) is 0 Å². The van der Waals surface area contributed by atoms with Crippen LogP contribution < -0.4 is 16.0 Å². The normalized spacial score (nSPS) is 10.3. The molecule has 0 unspecified atom stereocenters. The Morgan fingerprint density at radius 2 is 2.21 bits per heavy atom. The molecule has 2 heterocycles. The van der Waals surface area contributed by atoms with E-state index < -0.39 is 0 Å². The molecular formula is C13H18N6. The van der Waals surface area contributed by atoms with Crippen molar-refractivity contribution in [1.29, 1.82) is 0 Å². The first kappa shape index (κ1) is 13.2. The van der Waals surface area contributed by atoms with Crippen molar-refractivity contribution in [2.24, 2.45) is 5.73 Å². The van der Waals surface area contributed by atoms with Gasteiger partial charge in [0.1, 0.15) is 17.5 Å². The van der Waals surface area contributed by atoms with Crippen LogP contribution in [0.5, 0.6) is 0 Å². The summed E-state index contributed by atoms with van der Waals surface area (Å²) in [4.78, 5) is 14.8. The van der Waals surface area contributed by atoms with E-state index >= 15 is 0 Å². The molecule has 0 aliphatic heterocycles. The highest BCUT2D eigenvalue weighted by Gasteiger charge is 2.08. The number of anilines is 3. The summed E-state index contributed by atoms with van der Waals surface area (Å²) < 4.78 is 0. The number of nitrogens with zero attached hydrogens (tertiary/aromatic N) is 4. The van der Waals surface area contributed by atoms with Gasteiger partial charge >= 0.3 is 0 Å². The lowest BCUT2D eigenvalue weighted by molar-refractivity contribution is 0.972. The number of nitrogens with one attached hydrogen (secondary N) is 1. The van der Waals surface area contributed by atoms with E-state index in [2.05, 4.69) is 20.3 Å². The number of rotatable bonds is 5. The largest absolute Gasteiger partial charge is 0.369 e. The van der Waals surface area contributed by atoms with Crippen LogP contribution in [0.15, 0.2) is 30.6 Å². The lowest BCUT2D eigenvalue weighted by Crippen LogP contribution is -2.16. The van der Waals surface area contributed by atoms with Crippen LogP contribution in [0.25, 0.3) is 0 Å². The standard InChI is InChI=1S/C13H18N6/c1-10-17-12(16-7-5-14)8-13(18-10)19(2)11-4-3-6-15-9-11/h3-4,6,8-9H,5,7,14H2,1-2H3,(H,16,17,18). The predicted molar refractivity (Wildman–Crippen MR) is 76.6 cm³/mol. The van der Waals surface area contributed by atoms with Gasteiger partial charge < -0.3 is 16.0 Å². The minimum atomic E-state index is 0.566. The van der Waals surface area contributed by atoms with E-state index in [-0.39, 0.29) is 0 Å². The Kier molecular flexibility index (Phi) is 4.25. The van der Waals surface area contributed by atoms with Crippen molar-refractivity contribution in [2.45, 2.75) is 6.92 Å². The van der Waals surface area contributed by atoms with Crippen LogP contribution in [0.1, 0.15) is 5.82 Å². The van der Waals surface area contributed by atoms with Crippen LogP contribution in [0.4, 0.5) is 17.3 Å². The van der Waals surface area contributed by atoms with E-state index in [1.165, 1.54) is 0 Å². The SMILES string of the molecule is Cc1nc(NCCN)cc(N(C)c2cccnc2)n1. The third kappa shape index (κ3) is 3.38. The van der Waals surface area contributed by atoms with Crippen LogP contribution in [-0.4, -0.2) is 35.1 Å². The molecule has 6 nitrogen and oxygen atoms in total. The van der Waals surface area contributed by atoms with E-state index in [0.717, 1.165) is 17.3 Å². The maximum absolute atomic E-state index is 5.48. The number of aromatic nitrogens is 3. The Labute approximate surface area is 112 Å². The fourth-order valence-corrected chi connectivity index (χ4v) is 1.70. The minimum Gasteiger partial charge on any atom is -0.369 e. The molecule has 0 aliphatic rings. The van der Waals surface area contributed by atoms with Gasteiger partial charge in [-0.1, -0.05) is 0 Å². The first-order valence-electron chi connectivity index (χ1n) is 6.14. The first-order valence-corrected chi connectivity index (χ1v) is 6.14. The van der Waals surface area contributed by atoms with Crippen LogP contribution in [0, 0.1) is 6.92 Å². The third-order valence-corrected chi connectivity index (χ3v) is 2.65. The topological polar surface area (TPSA) is 80.0 Å². The van der Waals surface area contributed by atoms with Gasteiger partial charge in [-0.15, -0.1) is 0 Å². The zero-order valence-electron chi connectivity index (χ0n) is 11.2. The minimum absolute atomic E-state index is 0.566. The average molecular weight is 258 g/mol. The van der Waals surface area contributed by atoms with Crippen molar-refractivity contribution in [1.82, 2.24) is 15.0 Å². The van der Waals surface area contributed by atoms with Crippen molar-refractivity contribution in [3.63, 3.8) is 0 Å². The van der Waals surface area contributed by atoms with Gasteiger partial charge in [0, 0.05) is 32.4 Å². The number of pyridine rings is 1. The highest BCUT2D eigenvalue weighted by atomic mass is 15.2. The molecule has 0 aliphatic carbocycles. The molecule has 100 valence electrons. The molecule has 6 heteroatoms. The van der Waals surface area contributed by atoms with Gasteiger partial charge in [-0.2, -0.15) is 0 Å². The van der Waals surface area contributed by atoms with E-state index in [9.17, 15) is 0 Å². The molecule has 0 bridgehead atoms. The molecule has 0 aromatic carbocycles. The van der Waals surface area contributed by atoms with E-state index in [1.54, 1.807) is 12.4 Å². The number of nitrogens with two attached hydrogens (primary N) is 1. The highest BCUT2D eigenvalue weighted by Crippen LogP contribution is 2.22. The van der Waals surface area contributed by atoms with Gasteiger partial charge in [0.05, 0.1) is 11.9 Å². The number of hydrogen-bond acceptors (Lipinski definition) is 6. The summed E-state index contributed by atoms with van der Waals surface area (Å²) in [5, 5.41) is 3.16. The van der Waals surface area contributed by atoms with Crippen molar-refractivity contribution < 1.29 is 0 Å². The van der Waals surface area contributed by atoms with Crippen molar-refractivity contribution >= 4 is 17.3 Å². The summed E-state index contributed by atoms with van der Waals surface area (Å²) in [5.41, 5.74) is 6.46. The Hall–Kier alpha value is -2.21. The Bertz CT molecular complexity index is 528. The first-order chi connectivity index (χ1) is 9.20. The number of aryl methyl sites for hydroxylation is 1. The zero-order valence-corrected chi connectivity index (χ0v) is 11.2. The molecule has 0 radical (unpaired) electrons. The van der Waals surface area contributed by atoms with E-state index in [1.807, 2.05) is 37.1 Å². The Balaban J connectivity index is 2.26. The molecule has 0 atom stereocenters. The molecule has 0 fully saturated rings. The molecule has 2 aromatic rings. The van der Waals surface area contributed by atoms with Crippen LogP contribution >= 0.6 is 0 Å². The molecule has 3 N–H and O–H groups in total. The Morgan fingerprint density at radius 1 is 1.37 bits per heavy atom. The zero-order chi connectivity index (χ0) is 13.7. The van der Waals surface area contributed by atoms with Gasteiger partial charge in [-0.25, -0.2) is 9.97 Å². The monoisotopic (exact) mass is 258 g/mol. The molecule has 2 rings (SSSR count). The van der Waals surface area contributed by atoms with Gasteiger partial charge in [0.25, 0.3) is 0 Å². The fourth-order valence-electron chi connectivity index (χ4n) is 1.70. The van der Waals surface area contributed by atoms with Crippen molar-refractivity contribution in [3.8, 4) is 0 Å². The molecule has 0 saturated heterocycles. The smallest absolute Gasteiger partial charge is 0.138 e. The second-order valence-electron chi connectivity index (χ2n) is 4.14. The predicted octanol–water partition coefficient (Wildman–Crippen LogP) is 1.32. The second-order valence-corrected chi connectivity index (χ2v) is 4.14. The maximum atomic E-state index is 5.48. The van der Waals surface area contributed by atoms with Crippen molar-refractivity contribution in [3.05, 3.63) is 36.4 Å².